The van der Waals surface area contributed by atoms with Crippen molar-refractivity contribution in [3.8, 4) is 0 Å². The van der Waals surface area contributed by atoms with E-state index in [1.807, 2.05) is 0 Å². The number of benzene rings is 1. The van der Waals surface area contributed by atoms with Gasteiger partial charge in [0.15, 0.2) is 0 Å². The van der Waals surface area contributed by atoms with Crippen LogP contribution in [0.25, 0.3) is 0 Å². The third-order valence-corrected chi connectivity index (χ3v) is 3.64. The van der Waals surface area contributed by atoms with Crippen LogP contribution in [0.3, 0.4) is 0 Å². The number of hydrogen-bond donors (Lipinski definition) is 2. The summed E-state index contributed by atoms with van der Waals surface area (Å²) >= 11 is 0. The quantitative estimate of drug-likeness (QED) is 0.840. The van der Waals surface area contributed by atoms with Gasteiger partial charge in [0.05, 0.1) is 0 Å². The summed E-state index contributed by atoms with van der Waals surface area (Å²) in [5, 5.41) is 5.69. The maximum absolute atomic E-state index is 12.1. The predicted octanol–water partition coefficient (Wildman–Crippen LogP) is 1.86. The van der Waals surface area contributed by atoms with Gasteiger partial charge >= 0.3 is 0 Å². The molecular weight excluding hydrogens is 266 g/mol. The molecule has 0 unspecified atom stereocenters. The Morgan fingerprint density at radius 2 is 2.00 bits per heavy atom. The van der Waals surface area contributed by atoms with Gasteiger partial charge in [-0.15, -0.1) is 0 Å². The van der Waals surface area contributed by atoms with Crippen LogP contribution >= 0.6 is 0 Å². The molecule has 21 heavy (non-hydrogen) atoms. The van der Waals surface area contributed by atoms with Crippen molar-refractivity contribution >= 4 is 17.5 Å². The van der Waals surface area contributed by atoms with E-state index >= 15 is 0 Å². The van der Waals surface area contributed by atoms with Crippen molar-refractivity contribution < 1.29 is 9.59 Å². The number of rotatable bonds is 6. The van der Waals surface area contributed by atoms with Crippen LogP contribution in [-0.4, -0.2) is 42.9 Å². The average molecular weight is 289 g/mol. The van der Waals surface area contributed by atoms with Gasteiger partial charge in [-0.05, 0) is 44.1 Å². The Kier molecular flexibility index (Phi) is 5.75. The van der Waals surface area contributed by atoms with Gasteiger partial charge < -0.3 is 15.5 Å². The number of likely N-dealkylation sites (tertiary alicyclic amines) is 1. The first kappa shape index (κ1) is 15.5. The van der Waals surface area contributed by atoms with Crippen molar-refractivity contribution in [1.82, 2.24) is 10.2 Å². The fraction of sp³-hybridized carbons (Fsp3) is 0.500. The number of nitrogens with one attached hydrogen (secondary N) is 2. The highest BCUT2D eigenvalue weighted by molar-refractivity contribution is 5.97. The van der Waals surface area contributed by atoms with E-state index in [-0.39, 0.29) is 11.8 Å². The lowest BCUT2D eigenvalue weighted by molar-refractivity contribution is -0.115. The van der Waals surface area contributed by atoms with Crippen LogP contribution in [0.1, 0.15) is 36.5 Å². The Labute approximate surface area is 125 Å². The summed E-state index contributed by atoms with van der Waals surface area (Å²) in [5.41, 5.74) is 1.24. The second-order valence-electron chi connectivity index (χ2n) is 5.29. The molecule has 5 nitrogen and oxygen atoms in total. The molecule has 1 fully saturated rings. The van der Waals surface area contributed by atoms with E-state index in [0.717, 1.165) is 19.6 Å². The van der Waals surface area contributed by atoms with Gasteiger partial charge in [-0.25, -0.2) is 0 Å². The number of nitrogens with zero attached hydrogens (tertiary/aromatic N) is 1. The molecule has 0 atom stereocenters. The summed E-state index contributed by atoms with van der Waals surface area (Å²) in [6.45, 7) is 5.62. The summed E-state index contributed by atoms with van der Waals surface area (Å²) < 4.78 is 0. The van der Waals surface area contributed by atoms with Crippen molar-refractivity contribution in [2.24, 2.45) is 0 Å². The van der Waals surface area contributed by atoms with Crippen LogP contribution in [0.5, 0.6) is 0 Å². The zero-order valence-corrected chi connectivity index (χ0v) is 12.5. The number of hydrogen-bond acceptors (Lipinski definition) is 3. The molecule has 1 saturated heterocycles. The van der Waals surface area contributed by atoms with E-state index < -0.39 is 0 Å². The van der Waals surface area contributed by atoms with E-state index in [0.29, 0.717) is 24.2 Å². The summed E-state index contributed by atoms with van der Waals surface area (Å²) in [5.74, 6) is -0.150. The van der Waals surface area contributed by atoms with Gasteiger partial charge in [0.25, 0.3) is 5.91 Å². The monoisotopic (exact) mass is 289 g/mol. The smallest absolute Gasteiger partial charge is 0.251 e. The second-order valence-corrected chi connectivity index (χ2v) is 5.29. The molecule has 0 radical (unpaired) electrons. The van der Waals surface area contributed by atoms with Gasteiger partial charge in [-0.2, -0.15) is 0 Å². The number of amides is 2. The first-order valence-corrected chi connectivity index (χ1v) is 7.59. The van der Waals surface area contributed by atoms with Gasteiger partial charge in [-0.3, -0.25) is 9.59 Å². The van der Waals surface area contributed by atoms with Gasteiger partial charge in [-0.1, -0.05) is 13.0 Å². The van der Waals surface area contributed by atoms with Crippen molar-refractivity contribution in [1.29, 1.82) is 0 Å². The summed E-state index contributed by atoms with van der Waals surface area (Å²) in [6.07, 6.45) is 2.94. The Morgan fingerprint density at radius 1 is 1.24 bits per heavy atom. The lowest BCUT2D eigenvalue weighted by Crippen LogP contribution is -2.33. The average Bonchev–Trinajstić information content (AvgIpc) is 3.00. The lowest BCUT2D eigenvalue weighted by atomic mass is 10.2. The predicted molar refractivity (Wildman–Crippen MR) is 83.4 cm³/mol. The molecule has 0 aromatic heterocycles. The number of carbonyl (C=O) groups excluding carboxylic acids is 2. The van der Waals surface area contributed by atoms with Crippen molar-refractivity contribution in [3.63, 3.8) is 0 Å². The molecule has 1 aliphatic rings. The molecule has 5 heteroatoms. The molecule has 1 aliphatic heterocycles. The molecule has 0 saturated carbocycles. The molecule has 1 aromatic carbocycles. The van der Waals surface area contributed by atoms with Crippen LogP contribution in [0.4, 0.5) is 5.69 Å². The van der Waals surface area contributed by atoms with Gasteiger partial charge in [0.1, 0.15) is 0 Å². The van der Waals surface area contributed by atoms with Crippen LogP contribution in [-0.2, 0) is 4.79 Å². The molecule has 2 N–H and O–H groups in total. The first-order chi connectivity index (χ1) is 10.2. The lowest BCUT2D eigenvalue weighted by Gasteiger charge is -2.14. The Morgan fingerprint density at radius 3 is 2.71 bits per heavy atom. The molecule has 1 heterocycles. The molecule has 1 aromatic rings. The third-order valence-electron chi connectivity index (χ3n) is 3.64. The SMILES string of the molecule is CCC(=O)Nc1cccc(C(=O)NCCN2CCCC2)c1. The van der Waals surface area contributed by atoms with Gasteiger partial charge in [0.2, 0.25) is 5.91 Å². The summed E-state index contributed by atoms with van der Waals surface area (Å²) in [7, 11) is 0. The van der Waals surface area contributed by atoms with E-state index in [1.165, 1.54) is 12.8 Å². The highest BCUT2D eigenvalue weighted by Crippen LogP contribution is 2.11. The zero-order valence-electron chi connectivity index (χ0n) is 12.5. The minimum absolute atomic E-state index is 0.0541. The van der Waals surface area contributed by atoms with Crippen molar-refractivity contribution in [3.05, 3.63) is 29.8 Å². The van der Waals surface area contributed by atoms with Crippen LogP contribution in [0.15, 0.2) is 24.3 Å². The summed E-state index contributed by atoms with van der Waals surface area (Å²) in [4.78, 5) is 25.8. The molecule has 114 valence electrons. The minimum Gasteiger partial charge on any atom is -0.351 e. The van der Waals surface area contributed by atoms with E-state index in [2.05, 4.69) is 15.5 Å². The maximum atomic E-state index is 12.1. The Bertz CT molecular complexity index is 496. The Balaban J connectivity index is 1.83. The second kappa shape index (κ2) is 7.78. The molecule has 2 rings (SSSR count). The number of carbonyl (C=O) groups is 2. The molecule has 0 aliphatic carbocycles. The topological polar surface area (TPSA) is 61.4 Å². The van der Waals surface area contributed by atoms with Crippen LogP contribution in [0, 0.1) is 0 Å². The standard InChI is InChI=1S/C16H23N3O2/c1-2-15(20)18-14-7-5-6-13(12-14)16(21)17-8-11-19-9-3-4-10-19/h5-7,12H,2-4,8-11H2,1H3,(H,17,21)(H,18,20). The summed E-state index contributed by atoms with van der Waals surface area (Å²) in [6, 6.07) is 7.03. The molecule has 0 bridgehead atoms. The van der Waals surface area contributed by atoms with Crippen molar-refractivity contribution in [2.45, 2.75) is 26.2 Å². The minimum atomic E-state index is -0.0956. The Hall–Kier alpha value is -1.88. The zero-order chi connectivity index (χ0) is 15.1. The van der Waals surface area contributed by atoms with Gasteiger partial charge in [0, 0.05) is 30.8 Å². The maximum Gasteiger partial charge on any atom is 0.251 e. The fourth-order valence-corrected chi connectivity index (χ4v) is 2.42. The third kappa shape index (κ3) is 4.86. The molecular formula is C16H23N3O2. The highest BCUT2D eigenvalue weighted by Gasteiger charge is 2.12. The molecule has 2 amide bonds. The van der Waals surface area contributed by atoms with E-state index in [4.69, 9.17) is 0 Å². The first-order valence-electron chi connectivity index (χ1n) is 7.59. The van der Waals surface area contributed by atoms with Crippen molar-refractivity contribution in [2.75, 3.05) is 31.5 Å². The fourth-order valence-electron chi connectivity index (χ4n) is 2.42. The molecule has 0 spiro atoms. The largest absolute Gasteiger partial charge is 0.351 e. The highest BCUT2D eigenvalue weighted by atomic mass is 16.2. The normalized spacial score (nSPS) is 14.9. The van der Waals surface area contributed by atoms with E-state index in [1.54, 1.807) is 31.2 Å². The van der Waals surface area contributed by atoms with Crippen LogP contribution in [0.2, 0.25) is 0 Å². The van der Waals surface area contributed by atoms with E-state index in [9.17, 15) is 9.59 Å². The van der Waals surface area contributed by atoms with Crippen LogP contribution < -0.4 is 10.6 Å². The number of anilines is 1.